The lowest BCUT2D eigenvalue weighted by Crippen LogP contribution is -2.29. The lowest BCUT2D eigenvalue weighted by molar-refractivity contribution is -0.115. The van der Waals surface area contributed by atoms with Gasteiger partial charge in [-0.25, -0.2) is 0 Å². The fourth-order valence-corrected chi connectivity index (χ4v) is 2.29. The van der Waals surface area contributed by atoms with E-state index in [4.69, 9.17) is 0 Å². The van der Waals surface area contributed by atoms with Crippen molar-refractivity contribution in [1.29, 1.82) is 0 Å². The average molecular weight is 275 g/mol. The van der Waals surface area contributed by atoms with Gasteiger partial charge in [0.25, 0.3) is 0 Å². The summed E-state index contributed by atoms with van der Waals surface area (Å²) in [5.74, 6) is 0.0376. The molecule has 0 aromatic heterocycles. The van der Waals surface area contributed by atoms with Gasteiger partial charge in [-0.15, -0.1) is 0 Å². The van der Waals surface area contributed by atoms with Crippen LogP contribution in [0, 0.1) is 6.92 Å². The van der Waals surface area contributed by atoms with Crippen LogP contribution in [0.3, 0.4) is 0 Å². The number of anilines is 2. The van der Waals surface area contributed by atoms with E-state index in [1.54, 1.807) is 0 Å². The van der Waals surface area contributed by atoms with Gasteiger partial charge in [0.2, 0.25) is 5.91 Å². The molecular weight excluding hydrogens is 250 g/mol. The predicted molar refractivity (Wildman–Crippen MR) is 84.4 cm³/mol. The van der Waals surface area contributed by atoms with Crippen LogP contribution in [0.4, 0.5) is 11.4 Å². The second-order valence-electron chi connectivity index (χ2n) is 5.37. The summed E-state index contributed by atoms with van der Waals surface area (Å²) in [5.41, 5.74) is 3.22. The van der Waals surface area contributed by atoms with Crippen molar-refractivity contribution in [3.05, 3.63) is 23.8 Å². The number of nitrogens with one attached hydrogen (secondary N) is 2. The molecule has 1 fully saturated rings. The Morgan fingerprint density at radius 2 is 2.00 bits per heavy atom. The topological polar surface area (TPSA) is 44.4 Å². The highest BCUT2D eigenvalue weighted by atomic mass is 16.1. The number of amides is 1. The number of hydrogen-bond donors (Lipinski definition) is 2. The van der Waals surface area contributed by atoms with Crippen LogP contribution in [0.1, 0.15) is 32.3 Å². The minimum Gasteiger partial charge on any atom is -0.372 e. The van der Waals surface area contributed by atoms with Crippen molar-refractivity contribution in [1.82, 2.24) is 5.32 Å². The highest BCUT2D eigenvalue weighted by molar-refractivity contribution is 5.93. The molecule has 1 aliphatic rings. The van der Waals surface area contributed by atoms with Gasteiger partial charge in [0, 0.05) is 30.5 Å². The molecule has 0 radical (unpaired) electrons. The van der Waals surface area contributed by atoms with E-state index in [1.807, 2.05) is 13.0 Å². The highest BCUT2D eigenvalue weighted by Crippen LogP contribution is 2.23. The third kappa shape index (κ3) is 3.97. The number of aryl methyl sites for hydroxylation is 1. The minimum atomic E-state index is 0.0376. The van der Waals surface area contributed by atoms with E-state index in [-0.39, 0.29) is 5.91 Å². The summed E-state index contributed by atoms with van der Waals surface area (Å²) in [7, 11) is 0. The van der Waals surface area contributed by atoms with Crippen LogP contribution in [0.2, 0.25) is 0 Å². The van der Waals surface area contributed by atoms with Crippen molar-refractivity contribution in [2.45, 2.75) is 39.7 Å². The van der Waals surface area contributed by atoms with E-state index < -0.39 is 0 Å². The van der Waals surface area contributed by atoms with Crippen LogP contribution >= 0.6 is 0 Å². The van der Waals surface area contributed by atoms with Crippen molar-refractivity contribution in [2.24, 2.45) is 0 Å². The van der Waals surface area contributed by atoms with E-state index in [0.29, 0.717) is 12.6 Å². The Morgan fingerprint density at radius 3 is 2.55 bits per heavy atom. The quantitative estimate of drug-likeness (QED) is 0.803. The average Bonchev–Trinajstić information content (AvgIpc) is 3.25. The zero-order valence-corrected chi connectivity index (χ0v) is 12.7. The van der Waals surface area contributed by atoms with E-state index in [1.165, 1.54) is 18.5 Å². The molecule has 1 aromatic carbocycles. The fraction of sp³-hybridized carbons (Fsp3) is 0.562. The number of hydrogen-bond acceptors (Lipinski definition) is 3. The Kier molecular flexibility index (Phi) is 5.01. The van der Waals surface area contributed by atoms with Crippen molar-refractivity contribution >= 4 is 17.3 Å². The molecule has 1 saturated carbocycles. The maximum atomic E-state index is 11.8. The zero-order chi connectivity index (χ0) is 14.5. The SMILES string of the molecule is CCN(CC)c1ccc(NC(=O)CNC2CC2)c(C)c1. The molecule has 20 heavy (non-hydrogen) atoms. The van der Waals surface area contributed by atoms with Gasteiger partial charge in [0.1, 0.15) is 0 Å². The van der Waals surface area contributed by atoms with Gasteiger partial charge in [0.05, 0.1) is 6.54 Å². The molecule has 2 rings (SSSR count). The van der Waals surface area contributed by atoms with Crippen molar-refractivity contribution in [3.8, 4) is 0 Å². The largest absolute Gasteiger partial charge is 0.372 e. The van der Waals surface area contributed by atoms with Crippen molar-refractivity contribution in [3.63, 3.8) is 0 Å². The van der Waals surface area contributed by atoms with E-state index >= 15 is 0 Å². The molecular formula is C16H25N3O. The number of carbonyl (C=O) groups is 1. The normalized spacial score (nSPS) is 14.2. The number of nitrogens with zero attached hydrogens (tertiary/aromatic N) is 1. The molecule has 4 heteroatoms. The maximum Gasteiger partial charge on any atom is 0.238 e. The monoisotopic (exact) mass is 275 g/mol. The molecule has 110 valence electrons. The van der Waals surface area contributed by atoms with Crippen LogP contribution in [0.15, 0.2) is 18.2 Å². The minimum absolute atomic E-state index is 0.0376. The van der Waals surface area contributed by atoms with Gasteiger partial charge >= 0.3 is 0 Å². The van der Waals surface area contributed by atoms with Gasteiger partial charge in [-0.1, -0.05) is 0 Å². The lowest BCUT2D eigenvalue weighted by Gasteiger charge is -2.22. The molecule has 2 N–H and O–H groups in total. The van der Waals surface area contributed by atoms with Crippen molar-refractivity contribution in [2.75, 3.05) is 29.9 Å². The number of benzene rings is 1. The van der Waals surface area contributed by atoms with Crippen LogP contribution in [0.25, 0.3) is 0 Å². The van der Waals surface area contributed by atoms with E-state index in [9.17, 15) is 4.79 Å². The Hall–Kier alpha value is -1.55. The molecule has 0 spiro atoms. The van der Waals surface area contributed by atoms with Gasteiger partial charge in [-0.2, -0.15) is 0 Å². The molecule has 0 heterocycles. The van der Waals surface area contributed by atoms with Gasteiger partial charge < -0.3 is 15.5 Å². The molecule has 4 nitrogen and oxygen atoms in total. The van der Waals surface area contributed by atoms with Gasteiger partial charge in [0.15, 0.2) is 0 Å². The van der Waals surface area contributed by atoms with Crippen LogP contribution in [0.5, 0.6) is 0 Å². The number of rotatable bonds is 7. The lowest BCUT2D eigenvalue weighted by atomic mass is 10.1. The third-order valence-electron chi connectivity index (χ3n) is 3.74. The molecule has 0 saturated heterocycles. The second-order valence-corrected chi connectivity index (χ2v) is 5.37. The summed E-state index contributed by atoms with van der Waals surface area (Å²) in [4.78, 5) is 14.1. The first kappa shape index (κ1) is 14.9. The first-order valence-electron chi connectivity index (χ1n) is 7.52. The van der Waals surface area contributed by atoms with E-state index in [0.717, 1.165) is 24.3 Å². The summed E-state index contributed by atoms with van der Waals surface area (Å²) < 4.78 is 0. The first-order chi connectivity index (χ1) is 9.63. The van der Waals surface area contributed by atoms with E-state index in [2.05, 4.69) is 41.5 Å². The smallest absolute Gasteiger partial charge is 0.238 e. The van der Waals surface area contributed by atoms with Crippen LogP contribution < -0.4 is 15.5 Å². The summed E-state index contributed by atoms with van der Waals surface area (Å²) in [5, 5.41) is 6.20. The summed E-state index contributed by atoms with van der Waals surface area (Å²) in [6.45, 7) is 8.73. The van der Waals surface area contributed by atoms with Gasteiger partial charge in [-0.05, 0) is 57.4 Å². The summed E-state index contributed by atoms with van der Waals surface area (Å²) in [6, 6.07) is 6.77. The summed E-state index contributed by atoms with van der Waals surface area (Å²) >= 11 is 0. The van der Waals surface area contributed by atoms with Gasteiger partial charge in [-0.3, -0.25) is 4.79 Å². The zero-order valence-electron chi connectivity index (χ0n) is 12.7. The third-order valence-corrected chi connectivity index (χ3v) is 3.74. The Morgan fingerprint density at radius 1 is 1.30 bits per heavy atom. The standard InChI is InChI=1S/C16H25N3O/c1-4-19(5-2)14-8-9-15(12(3)10-14)18-16(20)11-17-13-6-7-13/h8-10,13,17H,4-7,11H2,1-3H3,(H,18,20). The highest BCUT2D eigenvalue weighted by Gasteiger charge is 2.21. The molecule has 1 aromatic rings. The van der Waals surface area contributed by atoms with Crippen LogP contribution in [-0.4, -0.2) is 31.6 Å². The Labute approximate surface area is 121 Å². The Bertz CT molecular complexity index is 465. The molecule has 0 bridgehead atoms. The second kappa shape index (κ2) is 6.75. The van der Waals surface area contributed by atoms with Crippen LogP contribution in [-0.2, 0) is 4.79 Å². The predicted octanol–water partition coefficient (Wildman–Crippen LogP) is 2.53. The summed E-state index contributed by atoms with van der Waals surface area (Å²) in [6.07, 6.45) is 2.40. The molecule has 0 unspecified atom stereocenters. The number of carbonyl (C=O) groups excluding carboxylic acids is 1. The van der Waals surface area contributed by atoms with Crippen molar-refractivity contribution < 1.29 is 4.79 Å². The maximum absolute atomic E-state index is 11.8. The molecule has 0 atom stereocenters. The molecule has 1 aliphatic carbocycles. The fourth-order valence-electron chi connectivity index (χ4n) is 2.29. The molecule has 0 aliphatic heterocycles. The first-order valence-corrected chi connectivity index (χ1v) is 7.52. The Balaban J connectivity index is 1.95. The molecule has 1 amide bonds.